The Morgan fingerprint density at radius 3 is 2.63 bits per heavy atom. The number of carbonyl (C=O) groups is 1. The number of benzene rings is 1. The second-order valence-corrected chi connectivity index (χ2v) is 3.97. The molecule has 2 N–H and O–H groups in total. The summed E-state index contributed by atoms with van der Waals surface area (Å²) >= 11 is 0. The third-order valence-corrected chi connectivity index (χ3v) is 2.84. The van der Waals surface area contributed by atoms with Crippen LogP contribution < -0.4 is 10.9 Å². The summed E-state index contributed by atoms with van der Waals surface area (Å²) in [6.45, 7) is 0. The summed E-state index contributed by atoms with van der Waals surface area (Å²) < 4.78 is 5.34. The van der Waals surface area contributed by atoms with Gasteiger partial charge in [-0.1, -0.05) is 12.1 Å². The Labute approximate surface area is 104 Å². The zero-order valence-corrected chi connectivity index (χ0v) is 9.47. The van der Waals surface area contributed by atoms with Gasteiger partial charge in [-0.3, -0.25) is 9.59 Å². The lowest BCUT2D eigenvalue weighted by Gasteiger charge is -2.01. The van der Waals surface area contributed by atoms with Crippen molar-refractivity contribution in [3.63, 3.8) is 0 Å². The van der Waals surface area contributed by atoms with Crippen molar-refractivity contribution in [2.45, 2.75) is 0 Å². The Bertz CT molecular complexity index is 935. The van der Waals surface area contributed by atoms with E-state index in [2.05, 4.69) is 4.98 Å². The van der Waals surface area contributed by atoms with Gasteiger partial charge in [-0.25, -0.2) is 4.79 Å². The Balaban J connectivity index is 2.59. The standard InChI is InChI=1S/C13H7NO5/c15-10-6-3-1-2-4-8(6)19-12-9(10)14-5-7(11(12)16)13(17)18/h1-5H,(H,14,16)(H,17,18). The molecule has 3 rings (SSSR count). The predicted molar refractivity (Wildman–Crippen MR) is 67.6 cm³/mol. The fourth-order valence-electron chi connectivity index (χ4n) is 1.92. The lowest BCUT2D eigenvalue weighted by molar-refractivity contribution is 0.0695. The van der Waals surface area contributed by atoms with Crippen molar-refractivity contribution in [2.24, 2.45) is 0 Å². The van der Waals surface area contributed by atoms with Crippen LogP contribution >= 0.6 is 0 Å². The first-order valence-corrected chi connectivity index (χ1v) is 5.40. The van der Waals surface area contributed by atoms with E-state index in [0.717, 1.165) is 6.20 Å². The summed E-state index contributed by atoms with van der Waals surface area (Å²) in [7, 11) is 0. The van der Waals surface area contributed by atoms with Gasteiger partial charge in [-0.2, -0.15) is 0 Å². The van der Waals surface area contributed by atoms with Gasteiger partial charge in [0, 0.05) is 6.20 Å². The third-order valence-electron chi connectivity index (χ3n) is 2.84. The molecule has 0 spiro atoms. The quantitative estimate of drug-likeness (QED) is 0.640. The topological polar surface area (TPSA) is 100 Å². The number of carboxylic acid groups (broad SMARTS) is 1. The van der Waals surface area contributed by atoms with Crippen LogP contribution in [0, 0.1) is 0 Å². The van der Waals surface area contributed by atoms with Crippen molar-refractivity contribution in [1.29, 1.82) is 0 Å². The van der Waals surface area contributed by atoms with Crippen LogP contribution in [0.2, 0.25) is 0 Å². The second-order valence-electron chi connectivity index (χ2n) is 3.97. The largest absolute Gasteiger partial charge is 0.477 e. The van der Waals surface area contributed by atoms with Gasteiger partial charge in [0.05, 0.1) is 5.39 Å². The molecule has 6 nitrogen and oxygen atoms in total. The van der Waals surface area contributed by atoms with E-state index in [1.54, 1.807) is 24.3 Å². The highest BCUT2D eigenvalue weighted by Gasteiger charge is 2.16. The minimum Gasteiger partial charge on any atom is -0.477 e. The number of H-pyrrole nitrogens is 1. The Morgan fingerprint density at radius 1 is 1.16 bits per heavy atom. The van der Waals surface area contributed by atoms with E-state index in [0.29, 0.717) is 5.39 Å². The zero-order valence-electron chi connectivity index (χ0n) is 9.47. The van der Waals surface area contributed by atoms with Gasteiger partial charge in [0.2, 0.25) is 16.4 Å². The molecule has 0 aliphatic carbocycles. The molecule has 0 saturated heterocycles. The smallest absolute Gasteiger partial charge is 0.341 e. The maximum Gasteiger partial charge on any atom is 0.341 e. The number of carboxylic acids is 1. The van der Waals surface area contributed by atoms with E-state index < -0.39 is 22.4 Å². The van der Waals surface area contributed by atoms with Crippen LogP contribution in [-0.4, -0.2) is 16.1 Å². The average molecular weight is 257 g/mol. The van der Waals surface area contributed by atoms with E-state index >= 15 is 0 Å². The van der Waals surface area contributed by atoms with Gasteiger partial charge in [0.15, 0.2) is 0 Å². The summed E-state index contributed by atoms with van der Waals surface area (Å²) in [6, 6.07) is 6.45. The van der Waals surface area contributed by atoms with Gasteiger partial charge in [0.1, 0.15) is 16.7 Å². The molecule has 0 aliphatic rings. The van der Waals surface area contributed by atoms with E-state index in [4.69, 9.17) is 9.52 Å². The van der Waals surface area contributed by atoms with Gasteiger partial charge >= 0.3 is 5.97 Å². The molecular weight excluding hydrogens is 250 g/mol. The van der Waals surface area contributed by atoms with Gasteiger partial charge in [0.25, 0.3) is 0 Å². The van der Waals surface area contributed by atoms with E-state index in [1.807, 2.05) is 0 Å². The highest BCUT2D eigenvalue weighted by molar-refractivity contribution is 5.93. The Morgan fingerprint density at radius 2 is 1.89 bits per heavy atom. The number of pyridine rings is 1. The highest BCUT2D eigenvalue weighted by atomic mass is 16.4. The maximum absolute atomic E-state index is 12.1. The van der Waals surface area contributed by atoms with Crippen LogP contribution in [0.5, 0.6) is 0 Å². The van der Waals surface area contributed by atoms with Crippen LogP contribution in [-0.2, 0) is 0 Å². The van der Waals surface area contributed by atoms with Crippen molar-refractivity contribution in [1.82, 2.24) is 4.98 Å². The molecule has 19 heavy (non-hydrogen) atoms. The number of aromatic amines is 1. The van der Waals surface area contributed by atoms with Crippen LogP contribution in [0.3, 0.4) is 0 Å². The minimum atomic E-state index is -1.38. The SMILES string of the molecule is O=C(O)c1c[nH]c2c(=O)c3ccccc3oc2c1=O. The first-order chi connectivity index (χ1) is 9.09. The Kier molecular flexibility index (Phi) is 2.25. The summed E-state index contributed by atoms with van der Waals surface area (Å²) in [4.78, 5) is 37.5. The molecule has 0 radical (unpaired) electrons. The molecule has 0 saturated carbocycles. The summed E-state index contributed by atoms with van der Waals surface area (Å²) in [6.07, 6.45) is 0.999. The van der Waals surface area contributed by atoms with E-state index in [9.17, 15) is 14.4 Å². The number of aromatic nitrogens is 1. The van der Waals surface area contributed by atoms with Crippen molar-refractivity contribution in [3.8, 4) is 0 Å². The molecule has 0 atom stereocenters. The minimum absolute atomic E-state index is 0.0336. The van der Waals surface area contributed by atoms with Crippen molar-refractivity contribution >= 4 is 28.0 Å². The van der Waals surface area contributed by atoms with Crippen molar-refractivity contribution in [3.05, 3.63) is 56.5 Å². The lowest BCUT2D eigenvalue weighted by atomic mass is 10.2. The molecule has 0 amide bonds. The monoisotopic (exact) mass is 257 g/mol. The molecule has 2 aromatic heterocycles. The molecule has 6 heteroatoms. The fraction of sp³-hybridized carbons (Fsp3) is 0. The molecule has 3 aromatic rings. The number of fused-ring (bicyclic) bond motifs is 2. The second kappa shape index (κ2) is 3.81. The first kappa shape index (κ1) is 11.2. The molecular formula is C13H7NO5. The predicted octanol–water partition coefficient (Wildman–Crippen LogP) is 1.33. The van der Waals surface area contributed by atoms with Gasteiger partial charge in [-0.15, -0.1) is 0 Å². The fourth-order valence-corrected chi connectivity index (χ4v) is 1.92. The number of aromatic carboxylic acids is 1. The van der Waals surface area contributed by atoms with Crippen LogP contribution in [0.25, 0.3) is 22.1 Å². The van der Waals surface area contributed by atoms with E-state index in [-0.39, 0.29) is 16.7 Å². The summed E-state index contributed by atoms with van der Waals surface area (Å²) in [5.41, 5.74) is -1.74. The molecule has 94 valence electrons. The van der Waals surface area contributed by atoms with Crippen LogP contribution in [0.15, 0.2) is 44.5 Å². The van der Waals surface area contributed by atoms with Gasteiger partial charge < -0.3 is 14.5 Å². The normalized spacial score (nSPS) is 10.9. The number of nitrogens with one attached hydrogen (secondary N) is 1. The van der Waals surface area contributed by atoms with Crippen LogP contribution in [0.4, 0.5) is 0 Å². The zero-order chi connectivity index (χ0) is 13.6. The van der Waals surface area contributed by atoms with E-state index in [1.165, 1.54) is 0 Å². The molecule has 2 heterocycles. The number of hydrogen-bond donors (Lipinski definition) is 2. The molecule has 0 aliphatic heterocycles. The Hall–Kier alpha value is -2.89. The summed E-state index contributed by atoms with van der Waals surface area (Å²) in [5.74, 6) is -1.38. The molecule has 0 fully saturated rings. The van der Waals surface area contributed by atoms with Gasteiger partial charge in [-0.05, 0) is 12.1 Å². The highest BCUT2D eigenvalue weighted by Crippen LogP contribution is 2.14. The summed E-state index contributed by atoms with van der Waals surface area (Å²) in [5, 5.41) is 9.20. The van der Waals surface area contributed by atoms with Crippen molar-refractivity contribution < 1.29 is 14.3 Å². The number of para-hydroxylation sites is 1. The molecule has 1 aromatic carbocycles. The number of hydrogen-bond acceptors (Lipinski definition) is 4. The number of rotatable bonds is 1. The molecule has 0 unspecified atom stereocenters. The maximum atomic E-state index is 12.1. The average Bonchev–Trinajstić information content (AvgIpc) is 2.40. The lowest BCUT2D eigenvalue weighted by Crippen LogP contribution is -2.18. The van der Waals surface area contributed by atoms with Crippen molar-refractivity contribution in [2.75, 3.05) is 0 Å². The molecule has 0 bridgehead atoms. The third kappa shape index (κ3) is 1.54. The van der Waals surface area contributed by atoms with Crippen LogP contribution in [0.1, 0.15) is 10.4 Å². The first-order valence-electron chi connectivity index (χ1n) is 5.40.